The van der Waals surface area contributed by atoms with Gasteiger partial charge in [-0.1, -0.05) is 29.4 Å². The Kier molecular flexibility index (Phi) is 13.6. The zero-order valence-corrected chi connectivity index (χ0v) is 33.9. The van der Waals surface area contributed by atoms with Crippen molar-refractivity contribution in [1.82, 2.24) is 34.4 Å². The summed E-state index contributed by atoms with van der Waals surface area (Å²) in [6, 6.07) is 7.22. The number of esters is 1. The number of phosphoric ester groups is 2. The van der Waals surface area contributed by atoms with Crippen molar-refractivity contribution >= 4 is 56.2 Å². The van der Waals surface area contributed by atoms with Gasteiger partial charge in [0.1, 0.15) is 60.3 Å². The number of azide groups is 1. The van der Waals surface area contributed by atoms with Gasteiger partial charge in [0.2, 0.25) is 0 Å². The largest absolute Gasteiger partial charge is 0.472 e. The van der Waals surface area contributed by atoms with E-state index in [9.17, 15) is 48.4 Å². The SMILES string of the molecule is CC(C)(NC(=O)OCc1ccc(N=[N+]=[N-])cc1)C(=O)OC1C(COP(=O)(O)O[C@H]2[C@@H](O)[C@H](n3ccc(N)nc3=O)O[C@@H]2COP(=O)(O)O)OC(n2cnc3c(N)ncnc32)C1O. The molecule has 1 aromatic carbocycles. The molecule has 0 radical (unpaired) electrons. The van der Waals surface area contributed by atoms with Crippen LogP contribution in [0.15, 0.2) is 59.1 Å². The van der Waals surface area contributed by atoms with Crippen LogP contribution in [0.25, 0.3) is 21.6 Å². The number of carbonyl (C=O) groups excluding carboxylic acids is 2. The van der Waals surface area contributed by atoms with Gasteiger partial charge in [-0.05, 0) is 31.0 Å². The molecule has 2 saturated heterocycles. The number of phosphoric acid groups is 2. The van der Waals surface area contributed by atoms with Crippen LogP contribution in [0.2, 0.25) is 0 Å². The molecule has 10 N–H and O–H groups in total. The van der Waals surface area contributed by atoms with Gasteiger partial charge in [0.15, 0.2) is 30.0 Å². The van der Waals surface area contributed by atoms with Crippen LogP contribution in [0, 0.1) is 0 Å². The number of imidazole rings is 1. The smallest absolute Gasteiger partial charge is 0.455 e. The van der Waals surface area contributed by atoms with Crippen LogP contribution in [0.3, 0.4) is 0 Å². The lowest BCUT2D eigenvalue weighted by Crippen LogP contribution is -2.53. The minimum Gasteiger partial charge on any atom is -0.455 e. The molecule has 31 heteroatoms. The Morgan fingerprint density at radius 2 is 1.61 bits per heavy atom. The summed E-state index contributed by atoms with van der Waals surface area (Å²) in [7, 11) is -10.6. The fraction of sp³-hybridized carbons (Fsp3) is 0.452. The highest BCUT2D eigenvalue weighted by molar-refractivity contribution is 7.47. The highest BCUT2D eigenvalue weighted by Gasteiger charge is 2.52. The first-order valence-electron chi connectivity index (χ1n) is 17.8. The Hall–Kier alpha value is -5.64. The van der Waals surface area contributed by atoms with E-state index in [1.807, 2.05) is 0 Å². The van der Waals surface area contributed by atoms with Gasteiger partial charge in [-0.15, -0.1) is 0 Å². The molecular weight excluding hydrogens is 874 g/mol. The number of alkyl carbamates (subject to hydrolysis) is 1. The fourth-order valence-corrected chi connectivity index (χ4v) is 7.42. The normalized spacial score (nSPS) is 24.9. The minimum absolute atomic E-state index is 0.0327. The molecule has 0 spiro atoms. The van der Waals surface area contributed by atoms with Gasteiger partial charge in [-0.2, -0.15) is 4.98 Å². The highest BCUT2D eigenvalue weighted by Crippen LogP contribution is 2.50. The Labute approximate surface area is 346 Å². The molecule has 2 aliphatic rings. The molecule has 0 saturated carbocycles. The predicted octanol–water partition coefficient (Wildman–Crippen LogP) is -0.0657. The lowest BCUT2D eigenvalue weighted by Gasteiger charge is -2.28. The van der Waals surface area contributed by atoms with E-state index in [-0.39, 0.29) is 29.4 Å². The first-order valence-corrected chi connectivity index (χ1v) is 20.8. The van der Waals surface area contributed by atoms with Crippen molar-refractivity contribution in [2.75, 3.05) is 24.7 Å². The van der Waals surface area contributed by atoms with Gasteiger partial charge < -0.3 is 60.6 Å². The minimum atomic E-state index is -5.43. The average molecular weight is 913 g/mol. The van der Waals surface area contributed by atoms with E-state index in [2.05, 4.69) is 39.8 Å². The Bertz CT molecular complexity index is 2500. The maximum absolute atomic E-state index is 13.6. The zero-order valence-electron chi connectivity index (χ0n) is 32.1. The summed E-state index contributed by atoms with van der Waals surface area (Å²) >= 11 is 0. The third-order valence-corrected chi connectivity index (χ3v) is 10.6. The molecular formula is C31H38N12O17P2. The van der Waals surface area contributed by atoms with Crippen molar-refractivity contribution in [2.24, 2.45) is 5.11 Å². The molecule has 1 amide bonds. The number of anilines is 2. The van der Waals surface area contributed by atoms with Crippen LogP contribution < -0.4 is 22.5 Å². The number of hydrogen-bond acceptors (Lipinski definition) is 21. The summed E-state index contributed by atoms with van der Waals surface area (Å²) in [5.41, 5.74) is 18.1. The summed E-state index contributed by atoms with van der Waals surface area (Å²) in [4.78, 5) is 86.6. The number of nitrogens with zero attached hydrogens (tertiary/aromatic N) is 9. The third kappa shape index (κ3) is 10.7. The second kappa shape index (κ2) is 18.4. The summed E-state index contributed by atoms with van der Waals surface area (Å²) in [6.45, 7) is 0.208. The Morgan fingerprint density at radius 1 is 0.968 bits per heavy atom. The maximum atomic E-state index is 13.6. The van der Waals surface area contributed by atoms with Gasteiger partial charge in [0.25, 0.3) is 0 Å². The molecule has 2 fully saturated rings. The molecule has 62 heavy (non-hydrogen) atoms. The summed E-state index contributed by atoms with van der Waals surface area (Å²) in [5.74, 6) is -1.39. The van der Waals surface area contributed by atoms with Crippen LogP contribution >= 0.6 is 15.6 Å². The third-order valence-electron chi connectivity index (χ3n) is 9.10. The van der Waals surface area contributed by atoms with E-state index in [0.29, 0.717) is 11.3 Å². The lowest BCUT2D eigenvalue weighted by atomic mass is 10.1. The Balaban J connectivity index is 1.19. The van der Waals surface area contributed by atoms with Crippen molar-refractivity contribution < 1.29 is 76.1 Å². The number of nitrogen functional groups attached to an aromatic ring is 2. The summed E-state index contributed by atoms with van der Waals surface area (Å²) < 4.78 is 64.2. The van der Waals surface area contributed by atoms with Crippen molar-refractivity contribution in [3.05, 3.63) is 75.7 Å². The van der Waals surface area contributed by atoms with Gasteiger partial charge in [0.05, 0.1) is 19.5 Å². The summed E-state index contributed by atoms with van der Waals surface area (Å²) in [5, 5.41) is 28.5. The molecule has 4 aromatic rings. The lowest BCUT2D eigenvalue weighted by molar-refractivity contribution is -0.163. The number of aromatic nitrogens is 6. The van der Waals surface area contributed by atoms with Crippen molar-refractivity contribution in [1.29, 1.82) is 0 Å². The van der Waals surface area contributed by atoms with Crippen LogP contribution in [-0.4, -0.2) is 121 Å². The molecule has 2 aliphatic heterocycles. The van der Waals surface area contributed by atoms with E-state index in [1.165, 1.54) is 36.9 Å². The van der Waals surface area contributed by atoms with E-state index in [0.717, 1.165) is 23.2 Å². The number of amides is 1. The Morgan fingerprint density at radius 3 is 2.27 bits per heavy atom. The van der Waals surface area contributed by atoms with Crippen molar-refractivity contribution in [3.8, 4) is 0 Å². The maximum Gasteiger partial charge on any atom is 0.472 e. The van der Waals surface area contributed by atoms with Gasteiger partial charge in [0, 0.05) is 16.8 Å². The topological polar surface area (TPSA) is 425 Å². The van der Waals surface area contributed by atoms with Crippen LogP contribution in [-0.2, 0) is 53.1 Å². The van der Waals surface area contributed by atoms with Crippen molar-refractivity contribution in [2.45, 2.75) is 75.1 Å². The summed E-state index contributed by atoms with van der Waals surface area (Å²) in [6.07, 6.45) is -11.8. The number of rotatable bonds is 16. The molecule has 0 bridgehead atoms. The number of hydrogen-bond donors (Lipinski definition) is 8. The zero-order chi connectivity index (χ0) is 45.1. The molecule has 5 unspecified atom stereocenters. The van der Waals surface area contributed by atoms with Crippen molar-refractivity contribution in [3.63, 3.8) is 0 Å². The van der Waals surface area contributed by atoms with Crippen LogP contribution in [0.1, 0.15) is 31.9 Å². The van der Waals surface area contributed by atoms with E-state index >= 15 is 0 Å². The highest BCUT2D eigenvalue weighted by atomic mass is 31.2. The van der Waals surface area contributed by atoms with Gasteiger partial charge >= 0.3 is 33.4 Å². The number of ether oxygens (including phenoxy) is 4. The molecule has 9 atom stereocenters. The number of carbonyl (C=O) groups is 2. The number of fused-ring (bicyclic) bond motifs is 1. The first kappa shape index (κ1) is 45.9. The van der Waals surface area contributed by atoms with Gasteiger partial charge in [-0.25, -0.2) is 38.5 Å². The van der Waals surface area contributed by atoms with Gasteiger partial charge in [-0.3, -0.25) is 22.7 Å². The second-order valence-electron chi connectivity index (χ2n) is 13.9. The quantitative estimate of drug-likeness (QED) is 0.0240. The standard InChI is InChI=1S/C31H38N12O17P2/c1-31(2,39-30(48)54-9-14-3-5-15(6-4-14)40-41-34)28(46)59-22-16(57-27(20(22)44)43-13-37-19-24(33)35-12-36-25(19)43)11-56-62(52,53)60-23-17(10-55-61(49,50)51)58-26(21(23)45)42-8-7-18(32)38-29(42)47/h3-8,12-13,16-17,20-23,26-27,44-45H,9-11H2,1-2H3,(H,39,48)(H,52,53)(H2,32,38,47)(H2,33,35,36)(H2,49,50,51)/t16?,17-,20?,21-,22?,23-,26-,27?/m1/s1. The number of aliphatic hydroxyl groups is 2. The molecule has 6 rings (SSSR count). The fourth-order valence-electron chi connectivity index (χ4n) is 6.11. The number of benzene rings is 1. The monoisotopic (exact) mass is 912 g/mol. The molecule has 0 aliphatic carbocycles. The number of aliphatic hydroxyl groups excluding tert-OH is 2. The number of nitrogens with two attached hydrogens (primary N) is 2. The van der Waals surface area contributed by atoms with Crippen LogP contribution in [0.5, 0.6) is 0 Å². The average Bonchev–Trinajstić information content (AvgIpc) is 3.86. The molecule has 5 heterocycles. The second-order valence-corrected chi connectivity index (χ2v) is 16.6. The molecule has 29 nitrogen and oxygen atoms in total. The predicted molar refractivity (Wildman–Crippen MR) is 204 cm³/mol. The van der Waals surface area contributed by atoms with Crippen LogP contribution in [0.4, 0.5) is 22.1 Å². The molecule has 334 valence electrons. The molecule has 3 aromatic heterocycles. The number of nitrogens with one attached hydrogen (secondary N) is 1. The first-order chi connectivity index (χ1) is 29.2. The van der Waals surface area contributed by atoms with E-state index in [4.69, 9.17) is 45.0 Å². The van der Waals surface area contributed by atoms with E-state index < -0.39 is 101 Å². The van der Waals surface area contributed by atoms with E-state index in [1.54, 1.807) is 12.1 Å².